The van der Waals surface area contributed by atoms with Crippen molar-refractivity contribution in [2.75, 3.05) is 6.61 Å². The van der Waals surface area contributed by atoms with Crippen molar-refractivity contribution >= 4 is 17.7 Å². The molecule has 3 aromatic rings. The van der Waals surface area contributed by atoms with Crippen LogP contribution in [-0.2, 0) is 25.2 Å². The van der Waals surface area contributed by atoms with Crippen molar-refractivity contribution in [3.05, 3.63) is 99.6 Å². The van der Waals surface area contributed by atoms with E-state index in [1.807, 2.05) is 0 Å². The lowest BCUT2D eigenvalue weighted by atomic mass is 9.68. The minimum atomic E-state index is -5.07. The summed E-state index contributed by atoms with van der Waals surface area (Å²) in [5.41, 5.74) is -8.45. The normalized spacial score (nSPS) is 14.9. The van der Waals surface area contributed by atoms with Crippen LogP contribution in [-0.4, -0.2) is 34.5 Å². The van der Waals surface area contributed by atoms with Gasteiger partial charge in [-0.3, -0.25) is 4.79 Å². The van der Waals surface area contributed by atoms with Crippen molar-refractivity contribution in [1.82, 2.24) is 0 Å². The summed E-state index contributed by atoms with van der Waals surface area (Å²) < 4.78 is 89.6. The molecule has 0 amide bonds. The Hall–Kier alpha value is -4.35. The lowest BCUT2D eigenvalue weighted by Gasteiger charge is -2.38. The van der Waals surface area contributed by atoms with Crippen molar-refractivity contribution in [1.29, 1.82) is 0 Å². The number of ketones is 1. The van der Waals surface area contributed by atoms with Gasteiger partial charge in [0.1, 0.15) is 12.4 Å². The number of Topliss-reactive ketones (excluding diaryl/α,β-unsaturated/α-hetero) is 1. The highest BCUT2D eigenvalue weighted by Gasteiger charge is 2.49. The summed E-state index contributed by atoms with van der Waals surface area (Å²) in [5, 5.41) is 19.3. The highest BCUT2D eigenvalue weighted by molar-refractivity contribution is 6.04. The molecule has 0 saturated heterocycles. The molecule has 1 aliphatic heterocycles. The first-order valence-corrected chi connectivity index (χ1v) is 11.3. The molecule has 12 heteroatoms. The van der Waals surface area contributed by atoms with Crippen LogP contribution in [0.3, 0.4) is 0 Å². The third-order valence-electron chi connectivity index (χ3n) is 6.57. The third kappa shape index (κ3) is 5.18. The number of carbonyl (C=O) groups excluding carboxylic acids is 1. The van der Waals surface area contributed by atoms with Gasteiger partial charge in [0.05, 0.1) is 33.2 Å². The average molecular weight is 552 g/mol. The first-order chi connectivity index (χ1) is 18.2. The Labute approximate surface area is 216 Å². The topological polar surface area (TPSA) is 101 Å². The van der Waals surface area contributed by atoms with Gasteiger partial charge >= 0.3 is 24.3 Å². The number of aromatic carboxylic acids is 2. The lowest BCUT2D eigenvalue weighted by Crippen LogP contribution is -2.46. The van der Waals surface area contributed by atoms with E-state index in [1.54, 1.807) is 0 Å². The molecular weight excluding hydrogens is 534 g/mol. The average Bonchev–Trinajstić information content (AvgIpc) is 2.85. The number of carbonyl (C=O) groups is 3. The number of halogens is 6. The molecule has 2 N–H and O–H groups in total. The van der Waals surface area contributed by atoms with E-state index in [0.717, 1.165) is 24.3 Å². The summed E-state index contributed by atoms with van der Waals surface area (Å²) in [6.07, 6.45) is -12.1. The maximum atomic E-state index is 14.0. The van der Waals surface area contributed by atoms with Crippen LogP contribution in [0.1, 0.15) is 53.3 Å². The number of hydrogen-bond donors (Lipinski definition) is 2. The molecule has 0 fully saturated rings. The number of para-hydroxylation sites is 1. The van der Waals surface area contributed by atoms with Crippen LogP contribution in [0.2, 0.25) is 0 Å². The van der Waals surface area contributed by atoms with Crippen LogP contribution in [0.25, 0.3) is 0 Å². The van der Waals surface area contributed by atoms with E-state index in [9.17, 15) is 50.9 Å². The van der Waals surface area contributed by atoms with E-state index in [0.29, 0.717) is 12.1 Å². The van der Waals surface area contributed by atoms with Crippen molar-refractivity contribution in [2.24, 2.45) is 5.41 Å². The molecule has 1 aliphatic rings. The van der Waals surface area contributed by atoms with E-state index >= 15 is 0 Å². The number of rotatable bonds is 6. The molecule has 0 unspecified atom stereocenters. The van der Waals surface area contributed by atoms with Gasteiger partial charge in [-0.2, -0.15) is 26.3 Å². The SMILES string of the molecule is O=C(O)c1cccc(C(F)(F)F)c1CC1(Cc2c(C(=O)O)cccc2C(F)(F)F)COc2ccccc2C1=O. The van der Waals surface area contributed by atoms with Crippen LogP contribution in [0.15, 0.2) is 60.7 Å². The second kappa shape index (κ2) is 9.75. The number of carboxylic acids is 2. The van der Waals surface area contributed by atoms with Crippen molar-refractivity contribution in [3.8, 4) is 5.75 Å². The summed E-state index contributed by atoms with van der Waals surface area (Å²) in [6, 6.07) is 10.3. The molecule has 39 heavy (non-hydrogen) atoms. The van der Waals surface area contributed by atoms with Crippen molar-refractivity contribution in [2.45, 2.75) is 25.2 Å². The third-order valence-corrected chi connectivity index (χ3v) is 6.57. The molecule has 0 atom stereocenters. The van der Waals surface area contributed by atoms with E-state index in [4.69, 9.17) is 4.74 Å². The Morgan fingerprint density at radius 1 is 0.744 bits per heavy atom. The number of alkyl halides is 6. The van der Waals surface area contributed by atoms with Gasteiger partial charge in [0.2, 0.25) is 0 Å². The standard InChI is InChI=1S/C27H18F6O6/c28-26(29,30)19-8-3-6-14(23(35)36)17(19)11-25(13-39-21-10-2-1-5-16(21)22(25)34)12-18-15(24(37)38)7-4-9-20(18)27(31,32)33/h1-10H,11-13H2,(H,35,36)(H,37,38). The van der Waals surface area contributed by atoms with Crippen LogP contribution >= 0.6 is 0 Å². The zero-order valence-electron chi connectivity index (χ0n) is 19.7. The second-order valence-corrected chi connectivity index (χ2v) is 9.02. The van der Waals surface area contributed by atoms with Gasteiger partial charge in [0.15, 0.2) is 5.78 Å². The zero-order valence-corrected chi connectivity index (χ0v) is 19.7. The molecule has 0 saturated carbocycles. The minimum Gasteiger partial charge on any atom is -0.492 e. The molecule has 0 aliphatic carbocycles. The predicted octanol–water partition coefficient (Wildman–Crippen LogP) is 6.17. The summed E-state index contributed by atoms with van der Waals surface area (Å²) in [4.78, 5) is 37.7. The Bertz CT molecular complexity index is 1400. The molecule has 0 radical (unpaired) electrons. The van der Waals surface area contributed by atoms with Gasteiger partial charge in [0.25, 0.3) is 0 Å². The molecule has 4 rings (SSSR count). The molecule has 204 valence electrons. The molecule has 0 aromatic heterocycles. The van der Waals surface area contributed by atoms with E-state index < -0.39 is 88.3 Å². The quantitative estimate of drug-likeness (QED) is 0.355. The van der Waals surface area contributed by atoms with Gasteiger partial charge in [-0.25, -0.2) is 9.59 Å². The zero-order chi connectivity index (χ0) is 28.8. The number of benzene rings is 3. The highest BCUT2D eigenvalue weighted by atomic mass is 19.4. The lowest BCUT2D eigenvalue weighted by molar-refractivity contribution is -0.138. The number of fused-ring (bicyclic) bond motifs is 1. The van der Waals surface area contributed by atoms with Crippen LogP contribution in [0.5, 0.6) is 5.75 Å². The molecule has 0 spiro atoms. The second-order valence-electron chi connectivity index (χ2n) is 9.02. The summed E-state index contributed by atoms with van der Waals surface area (Å²) in [7, 11) is 0. The van der Waals surface area contributed by atoms with Gasteiger partial charge < -0.3 is 14.9 Å². The maximum absolute atomic E-state index is 14.0. The number of ether oxygens (including phenoxy) is 1. The monoisotopic (exact) mass is 552 g/mol. The van der Waals surface area contributed by atoms with Gasteiger partial charge in [0, 0.05) is 0 Å². The first-order valence-electron chi connectivity index (χ1n) is 11.3. The highest BCUT2D eigenvalue weighted by Crippen LogP contribution is 2.45. The van der Waals surface area contributed by atoms with Crippen LogP contribution < -0.4 is 4.74 Å². The first kappa shape index (κ1) is 27.7. The maximum Gasteiger partial charge on any atom is 0.416 e. The summed E-state index contributed by atoms with van der Waals surface area (Å²) in [5.74, 6) is -4.38. The Balaban J connectivity index is 2.01. The Morgan fingerprint density at radius 2 is 1.21 bits per heavy atom. The van der Waals surface area contributed by atoms with E-state index in [1.165, 1.54) is 24.3 Å². The molecule has 6 nitrogen and oxygen atoms in total. The van der Waals surface area contributed by atoms with E-state index in [2.05, 4.69) is 0 Å². The van der Waals surface area contributed by atoms with E-state index in [-0.39, 0.29) is 11.3 Å². The van der Waals surface area contributed by atoms with Crippen molar-refractivity contribution in [3.63, 3.8) is 0 Å². The van der Waals surface area contributed by atoms with Crippen LogP contribution in [0, 0.1) is 5.41 Å². The molecule has 3 aromatic carbocycles. The molecular formula is C27H18F6O6. The summed E-state index contributed by atoms with van der Waals surface area (Å²) in [6.45, 7) is -0.737. The fourth-order valence-corrected chi connectivity index (χ4v) is 4.84. The molecule has 0 bridgehead atoms. The van der Waals surface area contributed by atoms with Crippen molar-refractivity contribution < 1.29 is 55.7 Å². The Kier molecular flexibility index (Phi) is 6.92. The fraction of sp³-hybridized carbons (Fsp3) is 0.222. The summed E-state index contributed by atoms with van der Waals surface area (Å²) >= 11 is 0. The van der Waals surface area contributed by atoms with Crippen LogP contribution in [0.4, 0.5) is 26.3 Å². The van der Waals surface area contributed by atoms with Gasteiger partial charge in [-0.15, -0.1) is 0 Å². The Morgan fingerprint density at radius 3 is 1.64 bits per heavy atom. The fourth-order valence-electron chi connectivity index (χ4n) is 4.84. The molecule has 1 heterocycles. The smallest absolute Gasteiger partial charge is 0.416 e. The van der Waals surface area contributed by atoms with Gasteiger partial charge in [-0.1, -0.05) is 24.3 Å². The minimum absolute atomic E-state index is 0.0308. The van der Waals surface area contributed by atoms with Gasteiger partial charge in [-0.05, 0) is 60.4 Å². The largest absolute Gasteiger partial charge is 0.492 e. The number of carboxylic acid groups (broad SMARTS) is 2. The predicted molar refractivity (Wildman–Crippen MR) is 123 cm³/mol. The number of hydrogen-bond acceptors (Lipinski definition) is 4.